The highest BCUT2D eigenvalue weighted by atomic mass is 19.1. The van der Waals surface area contributed by atoms with Gasteiger partial charge in [-0.2, -0.15) is 5.26 Å². The predicted octanol–water partition coefficient (Wildman–Crippen LogP) is 2.72. The van der Waals surface area contributed by atoms with Gasteiger partial charge in [0.1, 0.15) is 5.56 Å². The Morgan fingerprint density at radius 2 is 2.10 bits per heavy atom. The standard InChI is InChI=1S/C13H6F2N2O3/c14-9-5-7(6-16)1-2-10(9)20-12-11(15)8(13(18)19)3-4-17-12/h1-5H,(H,18,19). The van der Waals surface area contributed by atoms with Crippen molar-refractivity contribution < 1.29 is 23.4 Å². The van der Waals surface area contributed by atoms with Crippen molar-refractivity contribution in [1.29, 1.82) is 5.26 Å². The van der Waals surface area contributed by atoms with Gasteiger partial charge in [0, 0.05) is 6.20 Å². The van der Waals surface area contributed by atoms with Gasteiger partial charge >= 0.3 is 5.97 Å². The molecule has 0 radical (unpaired) electrons. The van der Waals surface area contributed by atoms with Crippen LogP contribution < -0.4 is 4.74 Å². The van der Waals surface area contributed by atoms with Crippen molar-refractivity contribution >= 4 is 5.97 Å². The molecule has 0 amide bonds. The van der Waals surface area contributed by atoms with Crippen molar-refractivity contribution in [1.82, 2.24) is 4.98 Å². The van der Waals surface area contributed by atoms with E-state index in [9.17, 15) is 13.6 Å². The van der Waals surface area contributed by atoms with Crippen molar-refractivity contribution in [2.24, 2.45) is 0 Å². The number of nitriles is 1. The molecule has 0 saturated heterocycles. The number of halogens is 2. The highest BCUT2D eigenvalue weighted by Crippen LogP contribution is 2.26. The third-order valence-corrected chi connectivity index (χ3v) is 2.36. The van der Waals surface area contributed by atoms with Gasteiger partial charge in [0.15, 0.2) is 17.4 Å². The topological polar surface area (TPSA) is 83.2 Å². The predicted molar refractivity (Wildman–Crippen MR) is 62.3 cm³/mol. The van der Waals surface area contributed by atoms with E-state index in [4.69, 9.17) is 15.1 Å². The van der Waals surface area contributed by atoms with Gasteiger partial charge < -0.3 is 9.84 Å². The number of carboxylic acids is 1. The molecular weight excluding hydrogens is 270 g/mol. The second kappa shape index (κ2) is 5.32. The summed E-state index contributed by atoms with van der Waals surface area (Å²) >= 11 is 0. The fraction of sp³-hybridized carbons (Fsp3) is 0. The first-order chi connectivity index (χ1) is 9.52. The lowest BCUT2D eigenvalue weighted by Gasteiger charge is -2.07. The van der Waals surface area contributed by atoms with Gasteiger partial charge in [-0.25, -0.2) is 18.6 Å². The lowest BCUT2D eigenvalue weighted by Crippen LogP contribution is -2.04. The maximum absolute atomic E-state index is 13.7. The van der Waals surface area contributed by atoms with E-state index in [2.05, 4.69) is 4.98 Å². The summed E-state index contributed by atoms with van der Waals surface area (Å²) in [4.78, 5) is 14.3. The quantitative estimate of drug-likeness (QED) is 0.931. The molecule has 7 heteroatoms. The van der Waals surface area contributed by atoms with Crippen molar-refractivity contribution in [3.63, 3.8) is 0 Å². The lowest BCUT2D eigenvalue weighted by molar-refractivity contribution is 0.0690. The van der Waals surface area contributed by atoms with Crippen LogP contribution in [0.15, 0.2) is 30.5 Å². The summed E-state index contributed by atoms with van der Waals surface area (Å²) < 4.78 is 32.2. The molecule has 1 N–H and O–H groups in total. The molecule has 0 bridgehead atoms. The Bertz CT molecular complexity index is 726. The van der Waals surface area contributed by atoms with Crippen LogP contribution in [-0.4, -0.2) is 16.1 Å². The van der Waals surface area contributed by atoms with Gasteiger partial charge in [0.2, 0.25) is 0 Å². The monoisotopic (exact) mass is 276 g/mol. The third-order valence-electron chi connectivity index (χ3n) is 2.36. The molecule has 0 fully saturated rings. The van der Waals surface area contributed by atoms with Crippen LogP contribution in [0.1, 0.15) is 15.9 Å². The summed E-state index contributed by atoms with van der Waals surface area (Å²) in [5.74, 6) is -4.60. The van der Waals surface area contributed by atoms with E-state index in [0.717, 1.165) is 24.4 Å². The first-order valence-electron chi connectivity index (χ1n) is 5.28. The zero-order valence-electron chi connectivity index (χ0n) is 9.80. The summed E-state index contributed by atoms with van der Waals surface area (Å²) in [6.45, 7) is 0. The molecule has 1 aromatic carbocycles. The fourth-order valence-corrected chi connectivity index (χ4v) is 1.42. The van der Waals surface area contributed by atoms with E-state index in [-0.39, 0.29) is 11.3 Å². The Morgan fingerprint density at radius 3 is 2.70 bits per heavy atom. The highest BCUT2D eigenvalue weighted by molar-refractivity contribution is 5.88. The number of carboxylic acid groups (broad SMARTS) is 1. The second-order valence-corrected chi connectivity index (χ2v) is 3.64. The molecule has 1 heterocycles. The Morgan fingerprint density at radius 1 is 1.35 bits per heavy atom. The van der Waals surface area contributed by atoms with Crippen molar-refractivity contribution in [2.75, 3.05) is 0 Å². The van der Waals surface area contributed by atoms with Crippen molar-refractivity contribution in [2.45, 2.75) is 0 Å². The van der Waals surface area contributed by atoms with Crippen molar-refractivity contribution in [3.05, 3.63) is 53.2 Å². The van der Waals surface area contributed by atoms with E-state index < -0.39 is 29.0 Å². The van der Waals surface area contributed by atoms with E-state index in [1.807, 2.05) is 0 Å². The summed E-state index contributed by atoms with van der Waals surface area (Å²) in [7, 11) is 0. The summed E-state index contributed by atoms with van der Waals surface area (Å²) in [6, 6.07) is 6.00. The number of carbonyl (C=O) groups is 1. The molecule has 100 valence electrons. The van der Waals surface area contributed by atoms with Crippen LogP contribution in [0.25, 0.3) is 0 Å². The van der Waals surface area contributed by atoms with E-state index in [0.29, 0.717) is 0 Å². The largest absolute Gasteiger partial charge is 0.478 e. The molecule has 0 aliphatic rings. The molecule has 1 aromatic heterocycles. The van der Waals surface area contributed by atoms with Crippen LogP contribution in [0.3, 0.4) is 0 Å². The minimum absolute atomic E-state index is 0.0718. The second-order valence-electron chi connectivity index (χ2n) is 3.64. The molecule has 0 saturated carbocycles. The fourth-order valence-electron chi connectivity index (χ4n) is 1.42. The number of aromatic carboxylic acids is 1. The van der Waals surface area contributed by atoms with E-state index in [1.54, 1.807) is 6.07 Å². The normalized spacial score (nSPS) is 9.85. The minimum atomic E-state index is -1.49. The number of rotatable bonds is 3. The van der Waals surface area contributed by atoms with Crippen LogP contribution in [0.5, 0.6) is 11.6 Å². The number of ether oxygens (including phenoxy) is 1. The summed E-state index contributed by atoms with van der Waals surface area (Å²) in [5, 5.41) is 17.3. The first-order valence-corrected chi connectivity index (χ1v) is 5.28. The van der Waals surface area contributed by atoms with Gasteiger partial charge in [0.05, 0.1) is 11.6 Å². The molecule has 20 heavy (non-hydrogen) atoms. The average molecular weight is 276 g/mol. The van der Waals surface area contributed by atoms with Crippen LogP contribution in [0, 0.1) is 23.0 Å². The molecule has 2 aromatic rings. The Kier molecular flexibility index (Phi) is 3.57. The molecule has 0 aliphatic heterocycles. The average Bonchev–Trinajstić information content (AvgIpc) is 2.42. The number of nitrogens with zero attached hydrogens (tertiary/aromatic N) is 2. The van der Waals surface area contributed by atoms with Gasteiger partial charge in [-0.3, -0.25) is 0 Å². The summed E-state index contributed by atoms with van der Waals surface area (Å²) in [5.41, 5.74) is -0.563. The van der Waals surface area contributed by atoms with Crippen LogP contribution >= 0.6 is 0 Å². The zero-order valence-corrected chi connectivity index (χ0v) is 9.80. The van der Waals surface area contributed by atoms with Crippen LogP contribution in [0.4, 0.5) is 8.78 Å². The van der Waals surface area contributed by atoms with Gasteiger partial charge in [-0.05, 0) is 24.3 Å². The number of aromatic nitrogens is 1. The first kappa shape index (κ1) is 13.4. The van der Waals surface area contributed by atoms with E-state index >= 15 is 0 Å². The number of benzene rings is 1. The summed E-state index contributed by atoms with van der Waals surface area (Å²) in [6.07, 6.45) is 1.03. The van der Waals surface area contributed by atoms with Gasteiger partial charge in [-0.15, -0.1) is 0 Å². The molecule has 0 spiro atoms. The highest BCUT2D eigenvalue weighted by Gasteiger charge is 2.18. The SMILES string of the molecule is N#Cc1ccc(Oc2nccc(C(=O)O)c2F)c(F)c1. The van der Waals surface area contributed by atoms with Crippen molar-refractivity contribution in [3.8, 4) is 17.7 Å². The molecule has 0 unspecified atom stereocenters. The van der Waals surface area contributed by atoms with E-state index in [1.165, 1.54) is 6.07 Å². The lowest BCUT2D eigenvalue weighted by atomic mass is 10.2. The number of hydrogen-bond acceptors (Lipinski definition) is 4. The minimum Gasteiger partial charge on any atom is -0.478 e. The maximum Gasteiger partial charge on any atom is 0.338 e. The molecule has 5 nitrogen and oxygen atoms in total. The zero-order chi connectivity index (χ0) is 14.7. The Balaban J connectivity index is 2.38. The van der Waals surface area contributed by atoms with Crippen LogP contribution in [-0.2, 0) is 0 Å². The van der Waals surface area contributed by atoms with Crippen LogP contribution in [0.2, 0.25) is 0 Å². The number of pyridine rings is 1. The molecule has 0 atom stereocenters. The third kappa shape index (κ3) is 2.54. The molecule has 2 rings (SSSR count). The van der Waals surface area contributed by atoms with Gasteiger partial charge in [-0.1, -0.05) is 0 Å². The maximum atomic E-state index is 13.7. The van der Waals surface area contributed by atoms with Gasteiger partial charge in [0.25, 0.3) is 5.88 Å². The smallest absolute Gasteiger partial charge is 0.338 e. The molecule has 0 aliphatic carbocycles. The number of hydrogen-bond donors (Lipinski definition) is 1. The molecular formula is C13H6F2N2O3. The Hall–Kier alpha value is -3.01. The Labute approximate surface area is 111 Å².